The molecule has 19 heavy (non-hydrogen) atoms. The molecule has 0 fully saturated rings. The van der Waals surface area contributed by atoms with E-state index >= 15 is 0 Å². The van der Waals surface area contributed by atoms with Crippen molar-refractivity contribution in [1.29, 1.82) is 5.26 Å². The molecule has 96 valence electrons. The summed E-state index contributed by atoms with van der Waals surface area (Å²) in [7, 11) is -3.78. The van der Waals surface area contributed by atoms with E-state index in [0.29, 0.717) is 5.02 Å². The van der Waals surface area contributed by atoms with Crippen LogP contribution < -0.4 is 0 Å². The highest BCUT2D eigenvalue weighted by Gasteiger charge is 2.30. The molecule has 0 saturated carbocycles. The van der Waals surface area contributed by atoms with Gasteiger partial charge in [0.1, 0.15) is 0 Å². The topological polar surface area (TPSA) is 70.8 Å². The molecular formula is C13H9ClN2O2S. The first-order chi connectivity index (χ1) is 9.05. The third kappa shape index (κ3) is 2.75. The van der Waals surface area contributed by atoms with Crippen LogP contribution in [-0.2, 0) is 9.84 Å². The molecule has 1 unspecified atom stereocenters. The summed E-state index contributed by atoms with van der Waals surface area (Å²) in [6.45, 7) is 0. The first-order valence-electron chi connectivity index (χ1n) is 5.35. The average Bonchev–Trinajstić information content (AvgIpc) is 2.42. The average molecular weight is 293 g/mol. The standard InChI is InChI=1S/C13H9ClN2O2S/c14-10-6-7-12(16-9-10)13(8-15)19(17,18)11-4-2-1-3-5-11/h1-7,9,13H. The Hall–Kier alpha value is -1.90. The minimum Gasteiger partial charge on any atom is -0.257 e. The number of halogens is 1. The number of rotatable bonds is 3. The lowest BCUT2D eigenvalue weighted by Crippen LogP contribution is -2.13. The molecule has 2 rings (SSSR count). The van der Waals surface area contributed by atoms with E-state index in [1.165, 1.54) is 30.5 Å². The highest BCUT2D eigenvalue weighted by atomic mass is 35.5. The summed E-state index contributed by atoms with van der Waals surface area (Å²) in [4.78, 5) is 4.00. The molecule has 6 heteroatoms. The minimum absolute atomic E-state index is 0.0956. The van der Waals surface area contributed by atoms with Crippen LogP contribution in [0.5, 0.6) is 0 Å². The van der Waals surface area contributed by atoms with Gasteiger partial charge in [-0.25, -0.2) is 8.42 Å². The Labute approximate surface area is 116 Å². The van der Waals surface area contributed by atoms with Crippen molar-refractivity contribution in [3.63, 3.8) is 0 Å². The largest absolute Gasteiger partial charge is 0.257 e. The van der Waals surface area contributed by atoms with Crippen LogP contribution >= 0.6 is 11.6 Å². The van der Waals surface area contributed by atoms with Crippen molar-refractivity contribution in [2.24, 2.45) is 0 Å². The molecule has 0 bridgehead atoms. The number of pyridine rings is 1. The maximum atomic E-state index is 12.4. The summed E-state index contributed by atoms with van der Waals surface area (Å²) in [5.74, 6) is 0. The molecule has 4 nitrogen and oxygen atoms in total. The molecule has 0 aliphatic heterocycles. The Morgan fingerprint density at radius 3 is 2.37 bits per heavy atom. The second kappa shape index (κ2) is 5.39. The lowest BCUT2D eigenvalue weighted by Gasteiger charge is -2.10. The van der Waals surface area contributed by atoms with Gasteiger partial charge in [0.2, 0.25) is 0 Å². The fourth-order valence-electron chi connectivity index (χ4n) is 1.58. The Bertz CT molecular complexity index is 707. The first-order valence-corrected chi connectivity index (χ1v) is 7.28. The molecule has 1 heterocycles. The summed E-state index contributed by atoms with van der Waals surface area (Å²) in [6.07, 6.45) is 1.32. The van der Waals surface area contributed by atoms with Crippen LogP contribution in [0.25, 0.3) is 0 Å². The lowest BCUT2D eigenvalue weighted by atomic mass is 10.3. The van der Waals surface area contributed by atoms with Crippen molar-refractivity contribution in [1.82, 2.24) is 4.98 Å². The number of nitrogens with zero attached hydrogens (tertiary/aromatic N) is 2. The normalized spacial score (nSPS) is 12.6. The van der Waals surface area contributed by atoms with Crippen LogP contribution in [0.1, 0.15) is 10.9 Å². The van der Waals surface area contributed by atoms with Crippen molar-refractivity contribution in [2.75, 3.05) is 0 Å². The van der Waals surface area contributed by atoms with Crippen LogP contribution in [0.3, 0.4) is 0 Å². The van der Waals surface area contributed by atoms with Crippen LogP contribution in [0, 0.1) is 11.3 Å². The van der Waals surface area contributed by atoms with E-state index in [9.17, 15) is 8.42 Å². The quantitative estimate of drug-likeness (QED) is 0.872. The van der Waals surface area contributed by atoms with Gasteiger partial charge in [0, 0.05) is 6.20 Å². The first kappa shape index (κ1) is 13.5. The van der Waals surface area contributed by atoms with E-state index < -0.39 is 15.1 Å². The maximum Gasteiger partial charge on any atom is 0.200 e. The van der Waals surface area contributed by atoms with Crippen LogP contribution in [-0.4, -0.2) is 13.4 Å². The van der Waals surface area contributed by atoms with Gasteiger partial charge in [0.05, 0.1) is 21.7 Å². The summed E-state index contributed by atoms with van der Waals surface area (Å²) in [5.41, 5.74) is 0.163. The zero-order chi connectivity index (χ0) is 13.9. The number of benzene rings is 1. The predicted octanol–water partition coefficient (Wildman–Crippen LogP) is 2.77. The zero-order valence-corrected chi connectivity index (χ0v) is 11.3. The van der Waals surface area contributed by atoms with Gasteiger partial charge in [-0.3, -0.25) is 4.98 Å². The van der Waals surface area contributed by atoms with Gasteiger partial charge in [-0.05, 0) is 24.3 Å². The molecule has 1 aromatic heterocycles. The van der Waals surface area contributed by atoms with Gasteiger partial charge in [-0.15, -0.1) is 0 Å². The summed E-state index contributed by atoms with van der Waals surface area (Å²) in [5, 5.41) is 8.19. The molecule has 2 aromatic rings. The van der Waals surface area contributed by atoms with Gasteiger partial charge in [-0.1, -0.05) is 29.8 Å². The van der Waals surface area contributed by atoms with E-state index in [0.717, 1.165) is 0 Å². The smallest absolute Gasteiger partial charge is 0.200 e. The van der Waals surface area contributed by atoms with Gasteiger partial charge in [0.25, 0.3) is 0 Å². The monoisotopic (exact) mass is 292 g/mol. The number of hydrogen-bond donors (Lipinski definition) is 0. The van der Waals surface area contributed by atoms with E-state index in [4.69, 9.17) is 16.9 Å². The molecule has 0 radical (unpaired) electrons. The Balaban J connectivity index is 2.49. The number of nitriles is 1. The van der Waals surface area contributed by atoms with Crippen LogP contribution in [0.15, 0.2) is 53.6 Å². The molecular weight excluding hydrogens is 284 g/mol. The van der Waals surface area contributed by atoms with Crippen molar-refractivity contribution >= 4 is 21.4 Å². The Morgan fingerprint density at radius 2 is 1.84 bits per heavy atom. The Morgan fingerprint density at radius 1 is 1.16 bits per heavy atom. The summed E-state index contributed by atoms with van der Waals surface area (Å²) < 4.78 is 24.7. The zero-order valence-electron chi connectivity index (χ0n) is 9.69. The lowest BCUT2D eigenvalue weighted by molar-refractivity contribution is 0.590. The second-order valence-corrected chi connectivity index (χ2v) is 6.24. The third-order valence-corrected chi connectivity index (χ3v) is 4.64. The maximum absolute atomic E-state index is 12.4. The van der Waals surface area contributed by atoms with Crippen LogP contribution in [0.4, 0.5) is 0 Å². The predicted molar refractivity (Wildman–Crippen MR) is 71.2 cm³/mol. The van der Waals surface area contributed by atoms with E-state index in [2.05, 4.69) is 4.98 Å². The van der Waals surface area contributed by atoms with Crippen molar-refractivity contribution < 1.29 is 8.42 Å². The van der Waals surface area contributed by atoms with E-state index in [-0.39, 0.29) is 10.6 Å². The highest BCUT2D eigenvalue weighted by molar-refractivity contribution is 7.92. The van der Waals surface area contributed by atoms with Crippen molar-refractivity contribution in [2.45, 2.75) is 10.1 Å². The van der Waals surface area contributed by atoms with Crippen molar-refractivity contribution in [3.8, 4) is 6.07 Å². The molecule has 0 aliphatic carbocycles. The summed E-state index contributed by atoms with van der Waals surface area (Å²) >= 11 is 5.70. The number of hydrogen-bond acceptors (Lipinski definition) is 4. The number of aromatic nitrogens is 1. The number of sulfone groups is 1. The van der Waals surface area contributed by atoms with Gasteiger partial charge >= 0.3 is 0 Å². The molecule has 0 saturated heterocycles. The van der Waals surface area contributed by atoms with Crippen molar-refractivity contribution in [3.05, 3.63) is 59.4 Å². The van der Waals surface area contributed by atoms with Crippen LogP contribution in [0.2, 0.25) is 5.02 Å². The summed E-state index contributed by atoms with van der Waals surface area (Å²) in [6, 6.07) is 12.6. The molecule has 1 atom stereocenters. The van der Waals surface area contributed by atoms with Gasteiger partial charge < -0.3 is 0 Å². The van der Waals surface area contributed by atoms with Gasteiger partial charge in [0.15, 0.2) is 15.1 Å². The van der Waals surface area contributed by atoms with E-state index in [1.807, 2.05) is 0 Å². The molecule has 1 aromatic carbocycles. The van der Waals surface area contributed by atoms with Gasteiger partial charge in [-0.2, -0.15) is 5.26 Å². The minimum atomic E-state index is -3.78. The SMILES string of the molecule is N#CC(c1ccc(Cl)cn1)S(=O)(=O)c1ccccc1. The second-order valence-electron chi connectivity index (χ2n) is 3.77. The molecule has 0 amide bonds. The third-order valence-electron chi connectivity index (χ3n) is 2.52. The van der Waals surface area contributed by atoms with E-state index in [1.54, 1.807) is 24.3 Å². The highest BCUT2D eigenvalue weighted by Crippen LogP contribution is 2.27. The fourth-order valence-corrected chi connectivity index (χ4v) is 3.10. The molecule has 0 spiro atoms. The fraction of sp³-hybridized carbons (Fsp3) is 0.0769. The molecule has 0 aliphatic rings. The molecule has 0 N–H and O–H groups in total. The Kier molecular flexibility index (Phi) is 3.84.